The van der Waals surface area contributed by atoms with Gasteiger partial charge in [-0.2, -0.15) is 0 Å². The molecule has 1 nitrogen and oxygen atoms in total. The van der Waals surface area contributed by atoms with Crippen LogP contribution in [0.2, 0.25) is 10.0 Å². The van der Waals surface area contributed by atoms with Crippen LogP contribution in [0.5, 0.6) is 0 Å². The molecule has 0 saturated heterocycles. The fraction of sp³-hybridized carbons (Fsp3) is 0.333. The summed E-state index contributed by atoms with van der Waals surface area (Å²) in [5, 5.41) is 1.45. The molecule has 0 fully saturated rings. The van der Waals surface area contributed by atoms with E-state index in [1.165, 1.54) is 0 Å². The fourth-order valence-corrected chi connectivity index (χ4v) is 1.53. The number of hydrogen-bond donors (Lipinski definition) is 1. The summed E-state index contributed by atoms with van der Waals surface area (Å²) in [6.07, 6.45) is 0.802. The van der Waals surface area contributed by atoms with E-state index >= 15 is 0 Å². The third kappa shape index (κ3) is 1.92. The Labute approximate surface area is 82.5 Å². The third-order valence-electron chi connectivity index (χ3n) is 1.81. The molecule has 0 spiro atoms. The predicted octanol–water partition coefficient (Wildman–Crippen LogP) is 2.80. The molecule has 0 atom stereocenters. The standard InChI is InChI=1S/C9H11Cl2N/c1-6-8(10)3-2-7(4-5-12)9(6)11/h2-3H,4-5,12H2,1H3. The van der Waals surface area contributed by atoms with E-state index in [1.54, 1.807) is 0 Å². The van der Waals surface area contributed by atoms with Crippen LogP contribution in [0.25, 0.3) is 0 Å². The first kappa shape index (κ1) is 9.85. The van der Waals surface area contributed by atoms with Gasteiger partial charge in [0.25, 0.3) is 0 Å². The fourth-order valence-electron chi connectivity index (χ4n) is 1.07. The quantitative estimate of drug-likeness (QED) is 0.787. The number of benzene rings is 1. The van der Waals surface area contributed by atoms with Crippen molar-refractivity contribution in [1.29, 1.82) is 0 Å². The average Bonchev–Trinajstić information content (AvgIpc) is 2.07. The second-order valence-electron chi connectivity index (χ2n) is 2.68. The molecule has 3 heteroatoms. The molecule has 0 saturated carbocycles. The molecule has 0 aliphatic heterocycles. The van der Waals surface area contributed by atoms with Gasteiger partial charge < -0.3 is 5.73 Å². The normalized spacial score (nSPS) is 10.3. The van der Waals surface area contributed by atoms with Crippen molar-refractivity contribution < 1.29 is 0 Å². The Hall–Kier alpha value is -0.240. The summed E-state index contributed by atoms with van der Waals surface area (Å²) in [4.78, 5) is 0. The lowest BCUT2D eigenvalue weighted by Gasteiger charge is -2.06. The maximum Gasteiger partial charge on any atom is 0.0482 e. The minimum Gasteiger partial charge on any atom is -0.330 e. The van der Waals surface area contributed by atoms with Gasteiger partial charge in [0.1, 0.15) is 0 Å². The van der Waals surface area contributed by atoms with Crippen molar-refractivity contribution in [3.05, 3.63) is 33.3 Å². The smallest absolute Gasteiger partial charge is 0.0482 e. The van der Waals surface area contributed by atoms with Gasteiger partial charge in [-0.15, -0.1) is 0 Å². The second kappa shape index (κ2) is 4.13. The van der Waals surface area contributed by atoms with Crippen LogP contribution in [0.4, 0.5) is 0 Å². The van der Waals surface area contributed by atoms with Gasteiger partial charge in [0, 0.05) is 10.0 Å². The maximum atomic E-state index is 6.04. The topological polar surface area (TPSA) is 26.0 Å². The summed E-state index contributed by atoms with van der Waals surface area (Å²) < 4.78 is 0. The van der Waals surface area contributed by atoms with Crippen LogP contribution < -0.4 is 5.73 Å². The Kier molecular flexibility index (Phi) is 3.39. The van der Waals surface area contributed by atoms with Gasteiger partial charge >= 0.3 is 0 Å². The van der Waals surface area contributed by atoms with Gasteiger partial charge in [-0.1, -0.05) is 29.3 Å². The molecule has 0 aliphatic rings. The first-order valence-electron chi connectivity index (χ1n) is 3.80. The van der Waals surface area contributed by atoms with Crippen LogP contribution >= 0.6 is 23.2 Å². The van der Waals surface area contributed by atoms with Crippen LogP contribution in [0, 0.1) is 6.92 Å². The zero-order valence-electron chi connectivity index (χ0n) is 6.90. The molecule has 0 heterocycles. The monoisotopic (exact) mass is 203 g/mol. The first-order valence-corrected chi connectivity index (χ1v) is 4.56. The molecule has 2 N–H and O–H groups in total. The zero-order chi connectivity index (χ0) is 9.14. The van der Waals surface area contributed by atoms with Crippen molar-refractivity contribution in [3.63, 3.8) is 0 Å². The number of nitrogens with two attached hydrogens (primary N) is 1. The van der Waals surface area contributed by atoms with E-state index in [2.05, 4.69) is 0 Å². The largest absolute Gasteiger partial charge is 0.330 e. The number of rotatable bonds is 2. The summed E-state index contributed by atoms with van der Waals surface area (Å²) in [7, 11) is 0. The lowest BCUT2D eigenvalue weighted by molar-refractivity contribution is 0.967. The molecule has 0 unspecified atom stereocenters. The Morgan fingerprint density at radius 3 is 2.58 bits per heavy atom. The summed E-state index contributed by atoms with van der Waals surface area (Å²) in [5.74, 6) is 0. The SMILES string of the molecule is Cc1c(Cl)ccc(CCN)c1Cl. The van der Waals surface area contributed by atoms with Crippen LogP contribution in [0.3, 0.4) is 0 Å². The summed E-state index contributed by atoms with van der Waals surface area (Å²) in [5.41, 5.74) is 7.43. The van der Waals surface area contributed by atoms with E-state index in [4.69, 9.17) is 28.9 Å². The van der Waals surface area contributed by atoms with Gasteiger partial charge in [-0.25, -0.2) is 0 Å². The molecule has 0 radical (unpaired) electrons. The van der Waals surface area contributed by atoms with Gasteiger partial charge in [0.2, 0.25) is 0 Å². The first-order chi connectivity index (χ1) is 5.66. The lowest BCUT2D eigenvalue weighted by atomic mass is 10.1. The van der Waals surface area contributed by atoms with Crippen molar-refractivity contribution in [2.75, 3.05) is 6.54 Å². The number of hydrogen-bond acceptors (Lipinski definition) is 1. The molecule has 0 amide bonds. The highest BCUT2D eigenvalue weighted by Gasteiger charge is 2.05. The molecule has 1 rings (SSSR count). The Morgan fingerprint density at radius 2 is 2.00 bits per heavy atom. The van der Waals surface area contributed by atoms with Crippen molar-refractivity contribution in [2.45, 2.75) is 13.3 Å². The number of halogens is 2. The van der Waals surface area contributed by atoms with Gasteiger partial charge in [-0.3, -0.25) is 0 Å². The molecule has 0 aromatic heterocycles. The van der Waals surface area contributed by atoms with Crippen LogP contribution in [-0.2, 0) is 6.42 Å². The zero-order valence-corrected chi connectivity index (χ0v) is 8.41. The predicted molar refractivity (Wildman–Crippen MR) is 54.0 cm³/mol. The van der Waals surface area contributed by atoms with E-state index in [0.717, 1.165) is 22.6 Å². The van der Waals surface area contributed by atoms with E-state index in [0.29, 0.717) is 11.6 Å². The minimum atomic E-state index is 0.612. The third-order valence-corrected chi connectivity index (χ3v) is 2.75. The second-order valence-corrected chi connectivity index (χ2v) is 3.47. The lowest BCUT2D eigenvalue weighted by Crippen LogP contribution is -2.03. The van der Waals surface area contributed by atoms with E-state index in [-0.39, 0.29) is 0 Å². The van der Waals surface area contributed by atoms with Gasteiger partial charge in [-0.05, 0) is 37.1 Å². The molecule has 0 bridgehead atoms. The van der Waals surface area contributed by atoms with Crippen molar-refractivity contribution in [1.82, 2.24) is 0 Å². The van der Waals surface area contributed by atoms with Crippen molar-refractivity contribution >= 4 is 23.2 Å². The van der Waals surface area contributed by atoms with Crippen molar-refractivity contribution in [2.24, 2.45) is 5.73 Å². The van der Waals surface area contributed by atoms with E-state index in [9.17, 15) is 0 Å². The molecule has 1 aromatic rings. The Morgan fingerprint density at radius 1 is 1.33 bits per heavy atom. The summed E-state index contributed by atoms with van der Waals surface area (Å²) in [6, 6.07) is 3.78. The molecule has 12 heavy (non-hydrogen) atoms. The van der Waals surface area contributed by atoms with Crippen molar-refractivity contribution in [3.8, 4) is 0 Å². The highest BCUT2D eigenvalue weighted by molar-refractivity contribution is 6.36. The highest BCUT2D eigenvalue weighted by atomic mass is 35.5. The Bertz CT molecular complexity index is 284. The summed E-state index contributed by atoms with van der Waals surface area (Å²) in [6.45, 7) is 2.52. The van der Waals surface area contributed by atoms with Gasteiger partial charge in [0.05, 0.1) is 0 Å². The van der Waals surface area contributed by atoms with E-state index in [1.807, 2.05) is 19.1 Å². The summed E-state index contributed by atoms with van der Waals surface area (Å²) >= 11 is 11.9. The molecule has 66 valence electrons. The molecule has 0 aliphatic carbocycles. The minimum absolute atomic E-state index is 0.612. The molecule has 1 aromatic carbocycles. The molecular weight excluding hydrogens is 193 g/mol. The highest BCUT2D eigenvalue weighted by Crippen LogP contribution is 2.27. The van der Waals surface area contributed by atoms with E-state index < -0.39 is 0 Å². The van der Waals surface area contributed by atoms with Crippen LogP contribution in [0.15, 0.2) is 12.1 Å². The molecular formula is C9H11Cl2N. The van der Waals surface area contributed by atoms with Gasteiger partial charge in [0.15, 0.2) is 0 Å². The average molecular weight is 204 g/mol. The van der Waals surface area contributed by atoms with Crippen LogP contribution in [0.1, 0.15) is 11.1 Å². The van der Waals surface area contributed by atoms with Crippen LogP contribution in [-0.4, -0.2) is 6.54 Å². The maximum absolute atomic E-state index is 6.04. The Balaban J connectivity index is 3.08.